The molecule has 1 N–H and O–H groups in total. The molecule has 32 heavy (non-hydrogen) atoms. The minimum absolute atomic E-state index is 0.00767. The molecular weight excluding hydrogens is 467 g/mol. The fourth-order valence-corrected chi connectivity index (χ4v) is 3.49. The van der Waals surface area contributed by atoms with Gasteiger partial charge in [0, 0.05) is 6.42 Å². The molecule has 1 aromatic heterocycles. The summed E-state index contributed by atoms with van der Waals surface area (Å²) in [7, 11) is 1.62. The molecule has 2 aromatic carbocycles. The van der Waals surface area contributed by atoms with Crippen LogP contribution in [0.3, 0.4) is 0 Å². The van der Waals surface area contributed by atoms with Crippen LogP contribution in [0.25, 0.3) is 0 Å². The number of aryl methyl sites for hydroxylation is 2. The third-order valence-electron chi connectivity index (χ3n) is 4.36. The number of nitrogens with zero attached hydrogens (tertiary/aromatic N) is 2. The van der Waals surface area contributed by atoms with E-state index < -0.39 is 17.6 Å². The monoisotopic (exact) mass is 485 g/mol. The number of ether oxygens (including phenoxy) is 1. The molecular formula is C21H19ClF3N3O3S. The molecule has 0 saturated carbocycles. The Kier molecular flexibility index (Phi) is 8.03. The predicted molar refractivity (Wildman–Crippen MR) is 115 cm³/mol. The maximum Gasteiger partial charge on any atom is 0.416 e. The number of aromatic nitrogens is 2. The molecule has 0 atom stereocenters. The number of anilines is 1. The van der Waals surface area contributed by atoms with Crippen molar-refractivity contribution in [2.75, 3.05) is 18.2 Å². The highest BCUT2D eigenvalue weighted by molar-refractivity contribution is 7.99. The second-order valence-corrected chi connectivity index (χ2v) is 8.03. The first-order valence-corrected chi connectivity index (χ1v) is 10.9. The molecule has 3 rings (SSSR count). The summed E-state index contributed by atoms with van der Waals surface area (Å²) in [4.78, 5) is 12.1. The zero-order valence-electron chi connectivity index (χ0n) is 16.9. The van der Waals surface area contributed by atoms with Gasteiger partial charge in [-0.25, -0.2) is 0 Å². The van der Waals surface area contributed by atoms with Gasteiger partial charge in [-0.2, -0.15) is 13.2 Å². The van der Waals surface area contributed by atoms with Crippen LogP contribution in [0.2, 0.25) is 5.02 Å². The Labute approximate surface area is 191 Å². The van der Waals surface area contributed by atoms with Gasteiger partial charge in [0.1, 0.15) is 5.75 Å². The normalized spacial score (nSPS) is 11.4. The molecule has 1 amide bonds. The third-order valence-corrected chi connectivity index (χ3v) is 5.51. The number of methoxy groups -OCH3 is 1. The third kappa shape index (κ3) is 6.89. The fourth-order valence-electron chi connectivity index (χ4n) is 2.74. The smallest absolute Gasteiger partial charge is 0.416 e. The average Bonchev–Trinajstić information content (AvgIpc) is 3.21. The minimum Gasteiger partial charge on any atom is -0.497 e. The first-order valence-electron chi connectivity index (χ1n) is 9.49. The fraction of sp³-hybridized carbons (Fsp3) is 0.286. The summed E-state index contributed by atoms with van der Waals surface area (Å²) in [5.74, 6) is 0.574. The van der Waals surface area contributed by atoms with E-state index in [-0.39, 0.29) is 21.7 Å². The Balaban J connectivity index is 1.46. The van der Waals surface area contributed by atoms with Crippen LogP contribution < -0.4 is 10.1 Å². The lowest BCUT2D eigenvalue weighted by Crippen LogP contribution is -2.15. The van der Waals surface area contributed by atoms with E-state index in [2.05, 4.69) is 15.5 Å². The van der Waals surface area contributed by atoms with Crippen molar-refractivity contribution < 1.29 is 27.1 Å². The number of hydrogen-bond donors (Lipinski definition) is 1. The number of halogens is 4. The summed E-state index contributed by atoms with van der Waals surface area (Å²) in [5.41, 5.74) is 0.141. The molecule has 1 heterocycles. The number of nitrogens with one attached hydrogen (secondary N) is 1. The zero-order valence-corrected chi connectivity index (χ0v) is 18.5. The molecule has 0 aliphatic carbocycles. The molecule has 0 fully saturated rings. The van der Waals surface area contributed by atoms with E-state index in [4.69, 9.17) is 20.8 Å². The lowest BCUT2D eigenvalue weighted by molar-refractivity contribution is -0.137. The van der Waals surface area contributed by atoms with Crippen LogP contribution in [-0.4, -0.2) is 29.0 Å². The number of carbonyl (C=O) groups excluding carboxylic acids is 1. The first-order chi connectivity index (χ1) is 15.2. The standard InChI is InChI=1S/C21H19ClF3N3O3S/c1-30-15-8-5-13(6-9-15)3-2-4-19-27-28-20(31-19)32-12-18(29)26-17-11-14(21(23,24)25)7-10-16(17)22/h5-11H,2-4,12H2,1H3,(H,26,29). The van der Waals surface area contributed by atoms with Crippen LogP contribution in [0.15, 0.2) is 52.1 Å². The van der Waals surface area contributed by atoms with Gasteiger partial charge < -0.3 is 14.5 Å². The van der Waals surface area contributed by atoms with Gasteiger partial charge in [0.15, 0.2) is 0 Å². The van der Waals surface area contributed by atoms with E-state index in [9.17, 15) is 18.0 Å². The molecule has 170 valence electrons. The Morgan fingerprint density at radius 1 is 1.16 bits per heavy atom. The zero-order chi connectivity index (χ0) is 23.1. The summed E-state index contributed by atoms with van der Waals surface area (Å²) in [6.07, 6.45) is -2.33. The highest BCUT2D eigenvalue weighted by Crippen LogP contribution is 2.34. The molecule has 6 nitrogen and oxygen atoms in total. The van der Waals surface area contributed by atoms with Crippen molar-refractivity contribution >= 4 is 35.0 Å². The summed E-state index contributed by atoms with van der Waals surface area (Å²) in [6.45, 7) is 0. The van der Waals surface area contributed by atoms with Crippen molar-refractivity contribution in [3.8, 4) is 5.75 Å². The number of amides is 1. The van der Waals surface area contributed by atoms with Crippen molar-refractivity contribution in [1.29, 1.82) is 0 Å². The highest BCUT2D eigenvalue weighted by Gasteiger charge is 2.31. The molecule has 0 radical (unpaired) electrons. The van der Waals surface area contributed by atoms with E-state index in [0.717, 1.165) is 54.1 Å². The van der Waals surface area contributed by atoms with Gasteiger partial charge in [0.25, 0.3) is 5.22 Å². The van der Waals surface area contributed by atoms with Crippen molar-refractivity contribution in [2.24, 2.45) is 0 Å². The number of alkyl halides is 3. The lowest BCUT2D eigenvalue weighted by Gasteiger charge is -2.11. The number of thioether (sulfide) groups is 1. The maximum absolute atomic E-state index is 12.8. The van der Waals surface area contributed by atoms with Gasteiger partial charge >= 0.3 is 6.18 Å². The molecule has 3 aromatic rings. The molecule has 0 bridgehead atoms. The molecule has 11 heteroatoms. The molecule has 0 aliphatic heterocycles. The lowest BCUT2D eigenvalue weighted by atomic mass is 10.1. The molecule has 0 saturated heterocycles. The number of rotatable bonds is 9. The summed E-state index contributed by atoms with van der Waals surface area (Å²) in [5, 5.41) is 10.4. The maximum atomic E-state index is 12.8. The van der Waals surface area contributed by atoms with Crippen LogP contribution >= 0.6 is 23.4 Å². The topological polar surface area (TPSA) is 77.2 Å². The van der Waals surface area contributed by atoms with Gasteiger partial charge in [-0.05, 0) is 48.7 Å². The van der Waals surface area contributed by atoms with Gasteiger partial charge in [-0.15, -0.1) is 10.2 Å². The number of hydrogen-bond acceptors (Lipinski definition) is 6. The summed E-state index contributed by atoms with van der Waals surface area (Å²) >= 11 is 6.87. The van der Waals surface area contributed by atoms with E-state index in [0.29, 0.717) is 12.3 Å². The Morgan fingerprint density at radius 2 is 1.91 bits per heavy atom. The van der Waals surface area contributed by atoms with Crippen molar-refractivity contribution in [3.05, 3.63) is 64.5 Å². The van der Waals surface area contributed by atoms with Crippen LogP contribution in [0.1, 0.15) is 23.4 Å². The molecule has 0 spiro atoms. The van der Waals surface area contributed by atoms with Crippen molar-refractivity contribution in [1.82, 2.24) is 10.2 Å². The SMILES string of the molecule is COc1ccc(CCCc2nnc(SCC(=O)Nc3cc(C(F)(F)F)ccc3Cl)o2)cc1. The first kappa shape index (κ1) is 23.9. The quantitative estimate of drug-likeness (QED) is 0.394. The van der Waals surface area contributed by atoms with Gasteiger partial charge in [-0.3, -0.25) is 4.79 Å². The predicted octanol–water partition coefficient (Wildman–Crippen LogP) is 5.66. The summed E-state index contributed by atoms with van der Waals surface area (Å²) in [6, 6.07) is 10.5. The second-order valence-electron chi connectivity index (χ2n) is 6.69. The Morgan fingerprint density at radius 3 is 2.59 bits per heavy atom. The second kappa shape index (κ2) is 10.7. The average molecular weight is 486 g/mol. The van der Waals surface area contributed by atoms with Crippen LogP contribution in [-0.2, 0) is 23.8 Å². The van der Waals surface area contributed by atoms with Gasteiger partial charge in [0.2, 0.25) is 11.8 Å². The Hall–Kier alpha value is -2.72. The number of carbonyl (C=O) groups is 1. The largest absolute Gasteiger partial charge is 0.497 e. The molecule has 0 aliphatic rings. The van der Waals surface area contributed by atoms with Crippen molar-refractivity contribution in [3.63, 3.8) is 0 Å². The summed E-state index contributed by atoms with van der Waals surface area (Å²) < 4.78 is 49.1. The van der Waals surface area contributed by atoms with Crippen LogP contribution in [0.5, 0.6) is 5.75 Å². The van der Waals surface area contributed by atoms with E-state index in [1.165, 1.54) is 0 Å². The van der Waals surface area contributed by atoms with Crippen molar-refractivity contribution in [2.45, 2.75) is 30.7 Å². The minimum atomic E-state index is -4.54. The van der Waals surface area contributed by atoms with Gasteiger partial charge in [0.05, 0.1) is 29.1 Å². The Bertz CT molecular complexity index is 1060. The van der Waals surface area contributed by atoms with E-state index in [1.54, 1.807) is 7.11 Å². The van der Waals surface area contributed by atoms with E-state index in [1.807, 2.05) is 24.3 Å². The van der Waals surface area contributed by atoms with E-state index >= 15 is 0 Å². The highest BCUT2D eigenvalue weighted by atomic mass is 35.5. The van der Waals surface area contributed by atoms with Crippen LogP contribution in [0.4, 0.5) is 18.9 Å². The van der Waals surface area contributed by atoms with Crippen LogP contribution in [0, 0.1) is 0 Å². The number of benzene rings is 2. The molecule has 0 unspecified atom stereocenters. The van der Waals surface area contributed by atoms with Gasteiger partial charge in [-0.1, -0.05) is 35.5 Å².